The van der Waals surface area contributed by atoms with E-state index in [0.29, 0.717) is 37.1 Å². The van der Waals surface area contributed by atoms with Crippen LogP contribution in [0.2, 0.25) is 0 Å². The van der Waals surface area contributed by atoms with Gasteiger partial charge in [-0.1, -0.05) is 38.5 Å². The molecule has 11 heteroatoms. The fraction of sp³-hybridized carbons (Fsp3) is 0.480. The van der Waals surface area contributed by atoms with E-state index < -0.39 is 36.8 Å². The summed E-state index contributed by atoms with van der Waals surface area (Å²) in [5.41, 5.74) is 0.905. The molecule has 36 heavy (non-hydrogen) atoms. The lowest BCUT2D eigenvalue weighted by Gasteiger charge is -2.21. The Morgan fingerprint density at radius 3 is 1.25 bits per heavy atom. The zero-order valence-electron chi connectivity index (χ0n) is 20.0. The van der Waals surface area contributed by atoms with Crippen molar-refractivity contribution in [2.45, 2.75) is 74.7 Å². The van der Waals surface area contributed by atoms with Crippen molar-refractivity contribution in [2.75, 3.05) is 10.6 Å². The van der Waals surface area contributed by atoms with E-state index in [4.69, 9.17) is 8.37 Å². The van der Waals surface area contributed by atoms with E-state index in [2.05, 4.69) is 10.6 Å². The molecule has 2 amide bonds. The lowest BCUT2D eigenvalue weighted by molar-refractivity contribution is 0.262. The van der Waals surface area contributed by atoms with Crippen molar-refractivity contribution in [2.24, 2.45) is 0 Å². The maximum Gasteiger partial charge on any atom is 0.323 e. The number of hydrogen-bond donors (Lipinski definition) is 2. The summed E-state index contributed by atoms with van der Waals surface area (Å²) in [4.78, 5) is 12.3. The first-order valence-corrected chi connectivity index (χ1v) is 15.3. The normalized spacial score (nSPS) is 17.8. The predicted octanol–water partition coefficient (Wildman–Crippen LogP) is 5.41. The summed E-state index contributed by atoms with van der Waals surface area (Å²) in [7, 11) is -7.36. The van der Waals surface area contributed by atoms with Gasteiger partial charge in [0.1, 0.15) is 11.5 Å². The van der Waals surface area contributed by atoms with E-state index in [1.54, 1.807) is 24.3 Å². The molecular formula is C25H32N2O7S2. The third-order valence-electron chi connectivity index (χ3n) is 6.57. The van der Waals surface area contributed by atoms with E-state index in [-0.39, 0.29) is 11.5 Å². The Balaban J connectivity index is 1.27. The molecule has 2 aromatic carbocycles. The highest BCUT2D eigenvalue weighted by Crippen LogP contribution is 2.28. The van der Waals surface area contributed by atoms with Crippen molar-refractivity contribution in [1.82, 2.24) is 0 Å². The van der Waals surface area contributed by atoms with E-state index in [9.17, 15) is 21.6 Å². The van der Waals surface area contributed by atoms with Crippen LogP contribution in [-0.2, 0) is 20.2 Å². The van der Waals surface area contributed by atoms with E-state index in [1.165, 1.54) is 24.3 Å². The van der Waals surface area contributed by atoms with Crippen LogP contribution in [0.3, 0.4) is 0 Å². The van der Waals surface area contributed by atoms with Crippen molar-refractivity contribution in [3.05, 3.63) is 48.5 Å². The molecule has 0 radical (unpaired) electrons. The zero-order chi connectivity index (χ0) is 25.6. The molecule has 2 fully saturated rings. The van der Waals surface area contributed by atoms with Crippen molar-refractivity contribution in [3.8, 4) is 11.5 Å². The Hall–Kier alpha value is -2.79. The van der Waals surface area contributed by atoms with Crippen molar-refractivity contribution in [3.63, 3.8) is 0 Å². The molecule has 4 rings (SSSR count). The van der Waals surface area contributed by atoms with Crippen LogP contribution in [0.4, 0.5) is 16.2 Å². The van der Waals surface area contributed by atoms with Gasteiger partial charge in [-0.3, -0.25) is 0 Å². The van der Waals surface area contributed by atoms with Gasteiger partial charge >= 0.3 is 26.3 Å². The zero-order valence-corrected chi connectivity index (χ0v) is 21.7. The first-order valence-electron chi connectivity index (χ1n) is 12.4. The first-order chi connectivity index (χ1) is 17.2. The van der Waals surface area contributed by atoms with Gasteiger partial charge in [0.2, 0.25) is 0 Å². The summed E-state index contributed by atoms with van der Waals surface area (Å²) in [6, 6.07) is 11.7. The molecule has 0 unspecified atom stereocenters. The van der Waals surface area contributed by atoms with E-state index in [1.807, 2.05) is 0 Å². The van der Waals surface area contributed by atoms with Gasteiger partial charge in [0.25, 0.3) is 0 Å². The molecule has 0 aliphatic heterocycles. The molecule has 2 aromatic rings. The van der Waals surface area contributed by atoms with Crippen LogP contribution < -0.4 is 19.0 Å². The fourth-order valence-electron chi connectivity index (χ4n) is 4.59. The molecule has 2 saturated carbocycles. The molecule has 0 saturated heterocycles. The van der Waals surface area contributed by atoms with Gasteiger partial charge < -0.3 is 19.0 Å². The quantitative estimate of drug-likeness (QED) is 0.432. The molecule has 9 nitrogen and oxygen atoms in total. The number of carbonyl (C=O) groups excluding carboxylic acids is 1. The van der Waals surface area contributed by atoms with Crippen molar-refractivity contribution < 1.29 is 30.0 Å². The molecule has 0 bridgehead atoms. The summed E-state index contributed by atoms with van der Waals surface area (Å²) >= 11 is 0. The molecule has 0 aromatic heterocycles. The number of rotatable bonds is 8. The largest absolute Gasteiger partial charge is 0.382 e. The summed E-state index contributed by atoms with van der Waals surface area (Å²) in [6.45, 7) is 0. The summed E-state index contributed by atoms with van der Waals surface area (Å²) in [5.74, 6) is 0.399. The summed E-state index contributed by atoms with van der Waals surface area (Å²) < 4.78 is 60.4. The minimum atomic E-state index is -3.68. The predicted molar refractivity (Wildman–Crippen MR) is 138 cm³/mol. The summed E-state index contributed by atoms with van der Waals surface area (Å²) in [6.07, 6.45) is 8.12. The monoisotopic (exact) mass is 536 g/mol. The second-order valence-electron chi connectivity index (χ2n) is 9.30. The third kappa shape index (κ3) is 7.13. The SMILES string of the molecule is O=C(Nc1ccc(OS(=O)(=O)C2CCCCC2)cc1)Nc1ccc(OS(=O)(=O)C2CCCCC2)cc1. The Labute approximate surface area is 212 Å². The smallest absolute Gasteiger partial charge is 0.323 e. The second kappa shape index (κ2) is 11.5. The first kappa shape index (κ1) is 26.3. The number of anilines is 2. The van der Waals surface area contributed by atoms with E-state index >= 15 is 0 Å². The molecule has 2 aliphatic carbocycles. The van der Waals surface area contributed by atoms with Gasteiger partial charge in [-0.25, -0.2) is 4.79 Å². The van der Waals surface area contributed by atoms with Crippen molar-refractivity contribution >= 4 is 37.6 Å². The minimum absolute atomic E-state index is 0.199. The lowest BCUT2D eigenvalue weighted by Crippen LogP contribution is -2.28. The van der Waals surface area contributed by atoms with Crippen LogP contribution in [0.1, 0.15) is 64.2 Å². The molecule has 2 aliphatic rings. The second-order valence-corrected chi connectivity index (χ2v) is 12.9. The van der Waals surface area contributed by atoms with Gasteiger partial charge in [-0.2, -0.15) is 16.8 Å². The number of carbonyl (C=O) groups is 1. The average molecular weight is 537 g/mol. The van der Waals surface area contributed by atoms with Crippen LogP contribution in [0, 0.1) is 0 Å². The molecule has 2 N–H and O–H groups in total. The third-order valence-corrected chi connectivity index (χ3v) is 10.00. The Morgan fingerprint density at radius 1 is 0.583 bits per heavy atom. The minimum Gasteiger partial charge on any atom is -0.382 e. The van der Waals surface area contributed by atoms with E-state index in [0.717, 1.165) is 38.5 Å². The Bertz CT molecular complexity index is 1130. The number of benzene rings is 2. The lowest BCUT2D eigenvalue weighted by atomic mass is 10.0. The fourth-order valence-corrected chi connectivity index (χ4v) is 7.45. The molecule has 0 heterocycles. The van der Waals surface area contributed by atoms with Crippen molar-refractivity contribution in [1.29, 1.82) is 0 Å². The number of hydrogen-bond acceptors (Lipinski definition) is 7. The standard InChI is InChI=1S/C25H32N2O7S2/c28-25(26-19-11-15-21(16-12-19)33-35(29,30)23-7-3-1-4-8-23)27-20-13-17-22(18-14-20)34-36(31,32)24-9-5-2-6-10-24/h11-18,23-24H,1-10H2,(H2,26,27,28). The molecule has 196 valence electrons. The van der Waals surface area contributed by atoms with Crippen LogP contribution in [-0.4, -0.2) is 33.4 Å². The van der Waals surface area contributed by atoms with Gasteiger partial charge in [0.05, 0.1) is 10.5 Å². The number of amides is 2. The Kier molecular flexibility index (Phi) is 8.40. The summed E-state index contributed by atoms with van der Waals surface area (Å²) in [5, 5.41) is 4.37. The van der Waals surface area contributed by atoms with Crippen LogP contribution in [0.15, 0.2) is 48.5 Å². The molecular weight excluding hydrogens is 504 g/mol. The molecule has 0 atom stereocenters. The highest BCUT2D eigenvalue weighted by molar-refractivity contribution is 7.88. The number of nitrogens with one attached hydrogen (secondary N) is 2. The highest BCUT2D eigenvalue weighted by atomic mass is 32.2. The van der Waals surface area contributed by atoms with Crippen LogP contribution in [0.25, 0.3) is 0 Å². The topological polar surface area (TPSA) is 128 Å². The maximum absolute atomic E-state index is 12.5. The highest BCUT2D eigenvalue weighted by Gasteiger charge is 2.30. The Morgan fingerprint density at radius 2 is 0.917 bits per heavy atom. The van der Waals surface area contributed by atoms with Gasteiger partial charge in [-0.05, 0) is 74.2 Å². The van der Waals surface area contributed by atoms with Gasteiger partial charge in [-0.15, -0.1) is 0 Å². The number of urea groups is 1. The average Bonchev–Trinajstić information content (AvgIpc) is 2.87. The van der Waals surface area contributed by atoms with Gasteiger partial charge in [0.15, 0.2) is 0 Å². The maximum atomic E-state index is 12.5. The van der Waals surface area contributed by atoms with Crippen LogP contribution >= 0.6 is 0 Å². The molecule has 0 spiro atoms. The van der Waals surface area contributed by atoms with Gasteiger partial charge in [0, 0.05) is 11.4 Å². The van der Waals surface area contributed by atoms with Crippen LogP contribution in [0.5, 0.6) is 11.5 Å².